The van der Waals surface area contributed by atoms with Crippen LogP contribution in [0.3, 0.4) is 0 Å². The maximum Gasteiger partial charge on any atom is 0.0233 e. The second kappa shape index (κ2) is 4.43. The van der Waals surface area contributed by atoms with Gasteiger partial charge in [-0.15, -0.1) is 0 Å². The Hall–Kier alpha value is -1.08. The van der Waals surface area contributed by atoms with Gasteiger partial charge in [-0.1, -0.05) is 36.9 Å². The topological polar surface area (TPSA) is 3.24 Å². The van der Waals surface area contributed by atoms with E-state index < -0.39 is 0 Å². The van der Waals surface area contributed by atoms with Gasteiger partial charge in [0, 0.05) is 6.54 Å². The lowest BCUT2D eigenvalue weighted by Crippen LogP contribution is -2.21. The molecule has 0 saturated carbocycles. The van der Waals surface area contributed by atoms with Crippen LogP contribution in [0.25, 0.3) is 5.57 Å². The van der Waals surface area contributed by atoms with Crippen LogP contribution in [-0.2, 0) is 0 Å². The fourth-order valence-electron chi connectivity index (χ4n) is 1.98. The first-order valence-corrected chi connectivity index (χ1v) is 5.32. The average molecular weight is 187 g/mol. The van der Waals surface area contributed by atoms with Gasteiger partial charge in [-0.2, -0.15) is 0 Å². The lowest BCUT2D eigenvalue weighted by molar-refractivity contribution is 0.383. The van der Waals surface area contributed by atoms with E-state index in [9.17, 15) is 0 Å². The zero-order valence-electron chi connectivity index (χ0n) is 8.58. The van der Waals surface area contributed by atoms with Crippen molar-refractivity contribution in [1.82, 2.24) is 4.90 Å². The minimum atomic E-state index is 1.03. The van der Waals surface area contributed by atoms with Gasteiger partial charge in [-0.25, -0.2) is 0 Å². The van der Waals surface area contributed by atoms with Crippen LogP contribution in [0.15, 0.2) is 36.9 Å². The van der Waals surface area contributed by atoms with Crippen LogP contribution in [0.4, 0.5) is 0 Å². The van der Waals surface area contributed by atoms with Gasteiger partial charge in [0.1, 0.15) is 0 Å². The number of hydrogen-bond donors (Lipinski definition) is 0. The molecule has 1 saturated heterocycles. The number of hydrogen-bond acceptors (Lipinski definition) is 1. The molecule has 1 fully saturated rings. The Morgan fingerprint density at radius 1 is 1.14 bits per heavy atom. The third kappa shape index (κ3) is 2.24. The molecule has 2 rings (SSSR count). The second-order valence-corrected chi connectivity index (χ2v) is 3.95. The summed E-state index contributed by atoms with van der Waals surface area (Å²) in [5.41, 5.74) is 2.52. The van der Waals surface area contributed by atoms with E-state index >= 15 is 0 Å². The van der Waals surface area contributed by atoms with Gasteiger partial charge in [0.2, 0.25) is 0 Å². The number of nitrogens with zero attached hydrogens (tertiary/aromatic N) is 1. The van der Waals surface area contributed by atoms with Crippen LogP contribution in [0.5, 0.6) is 0 Å². The van der Waals surface area contributed by atoms with E-state index in [1.54, 1.807) is 0 Å². The molecule has 0 aromatic heterocycles. The van der Waals surface area contributed by atoms with E-state index in [4.69, 9.17) is 0 Å². The van der Waals surface area contributed by atoms with Crippen LogP contribution in [0.2, 0.25) is 0 Å². The molecule has 74 valence electrons. The third-order valence-corrected chi connectivity index (χ3v) is 2.80. The quantitative estimate of drug-likeness (QED) is 0.703. The molecule has 0 amide bonds. The van der Waals surface area contributed by atoms with Crippen LogP contribution < -0.4 is 0 Å². The first kappa shape index (κ1) is 9.47. The lowest BCUT2D eigenvalue weighted by Gasteiger charge is -2.16. The molecule has 1 aliphatic rings. The average Bonchev–Trinajstić information content (AvgIpc) is 2.72. The highest BCUT2D eigenvalue weighted by atomic mass is 15.1. The number of likely N-dealkylation sites (tertiary alicyclic amines) is 1. The summed E-state index contributed by atoms with van der Waals surface area (Å²) < 4.78 is 0. The largest absolute Gasteiger partial charge is 0.299 e. The summed E-state index contributed by atoms with van der Waals surface area (Å²) in [6.07, 6.45) is 2.70. The summed E-state index contributed by atoms with van der Waals surface area (Å²) in [5.74, 6) is 0. The highest BCUT2D eigenvalue weighted by Crippen LogP contribution is 2.16. The van der Waals surface area contributed by atoms with Crippen molar-refractivity contribution in [2.45, 2.75) is 12.8 Å². The van der Waals surface area contributed by atoms with Crippen molar-refractivity contribution in [3.63, 3.8) is 0 Å². The Kier molecular flexibility index (Phi) is 3.00. The van der Waals surface area contributed by atoms with Gasteiger partial charge in [-0.3, -0.25) is 4.90 Å². The van der Waals surface area contributed by atoms with Crippen molar-refractivity contribution >= 4 is 5.57 Å². The summed E-state index contributed by atoms with van der Waals surface area (Å²) in [4.78, 5) is 2.48. The van der Waals surface area contributed by atoms with Crippen LogP contribution in [-0.4, -0.2) is 24.5 Å². The van der Waals surface area contributed by atoms with Gasteiger partial charge in [-0.05, 0) is 37.1 Å². The third-order valence-electron chi connectivity index (χ3n) is 2.80. The Morgan fingerprint density at radius 3 is 2.43 bits per heavy atom. The summed E-state index contributed by atoms with van der Waals surface area (Å²) in [6, 6.07) is 10.5. The Balaban J connectivity index is 1.95. The minimum Gasteiger partial charge on any atom is -0.299 e. The standard InChI is InChI=1S/C13H17N/c1-12(11-14-9-5-6-10-14)13-7-3-2-4-8-13/h2-4,7-8H,1,5-6,9-11H2. The molecule has 0 aliphatic carbocycles. The molecule has 1 aromatic carbocycles. The van der Waals surface area contributed by atoms with Gasteiger partial charge >= 0.3 is 0 Å². The molecule has 0 bridgehead atoms. The zero-order valence-corrected chi connectivity index (χ0v) is 8.58. The van der Waals surface area contributed by atoms with Crippen molar-refractivity contribution in [2.24, 2.45) is 0 Å². The number of benzene rings is 1. The van der Waals surface area contributed by atoms with Crippen molar-refractivity contribution < 1.29 is 0 Å². The van der Waals surface area contributed by atoms with Crippen molar-refractivity contribution in [2.75, 3.05) is 19.6 Å². The normalized spacial score (nSPS) is 17.1. The van der Waals surface area contributed by atoms with Gasteiger partial charge in [0.05, 0.1) is 0 Å². The zero-order chi connectivity index (χ0) is 9.80. The van der Waals surface area contributed by atoms with E-state index in [1.165, 1.54) is 37.1 Å². The molecule has 1 nitrogen and oxygen atoms in total. The van der Waals surface area contributed by atoms with E-state index in [2.05, 4.69) is 35.7 Å². The highest BCUT2D eigenvalue weighted by molar-refractivity contribution is 5.64. The molecule has 1 heteroatoms. The van der Waals surface area contributed by atoms with Crippen LogP contribution >= 0.6 is 0 Å². The molecule has 0 N–H and O–H groups in total. The van der Waals surface area contributed by atoms with Gasteiger partial charge in [0.25, 0.3) is 0 Å². The summed E-state index contributed by atoms with van der Waals surface area (Å²) in [7, 11) is 0. The van der Waals surface area contributed by atoms with Crippen LogP contribution in [0, 0.1) is 0 Å². The van der Waals surface area contributed by atoms with Gasteiger partial charge < -0.3 is 0 Å². The molecule has 1 aromatic rings. The van der Waals surface area contributed by atoms with Gasteiger partial charge in [0.15, 0.2) is 0 Å². The molecule has 1 aliphatic heterocycles. The fourth-order valence-corrected chi connectivity index (χ4v) is 1.98. The lowest BCUT2D eigenvalue weighted by atomic mass is 10.1. The Morgan fingerprint density at radius 2 is 1.79 bits per heavy atom. The smallest absolute Gasteiger partial charge is 0.0233 e. The first-order valence-electron chi connectivity index (χ1n) is 5.32. The van der Waals surface area contributed by atoms with Crippen molar-refractivity contribution in [1.29, 1.82) is 0 Å². The highest BCUT2D eigenvalue weighted by Gasteiger charge is 2.12. The van der Waals surface area contributed by atoms with Crippen molar-refractivity contribution in [3.05, 3.63) is 42.5 Å². The monoisotopic (exact) mass is 187 g/mol. The summed E-state index contributed by atoms with van der Waals surface area (Å²) in [5, 5.41) is 0. The molecule has 0 atom stereocenters. The van der Waals surface area contributed by atoms with Crippen LogP contribution in [0.1, 0.15) is 18.4 Å². The maximum absolute atomic E-state index is 4.15. The first-order chi connectivity index (χ1) is 6.86. The fraction of sp³-hybridized carbons (Fsp3) is 0.385. The van der Waals surface area contributed by atoms with E-state index in [-0.39, 0.29) is 0 Å². The SMILES string of the molecule is C=C(CN1CCCC1)c1ccccc1. The predicted molar refractivity (Wildman–Crippen MR) is 61.2 cm³/mol. The van der Waals surface area contributed by atoms with Crippen molar-refractivity contribution in [3.8, 4) is 0 Å². The maximum atomic E-state index is 4.15. The van der Waals surface area contributed by atoms with E-state index in [0.717, 1.165) is 6.54 Å². The molecular formula is C13H17N. The predicted octanol–water partition coefficient (Wildman–Crippen LogP) is 2.80. The molecule has 14 heavy (non-hydrogen) atoms. The second-order valence-electron chi connectivity index (χ2n) is 3.95. The number of rotatable bonds is 3. The molecule has 1 heterocycles. The molecule has 0 radical (unpaired) electrons. The minimum absolute atomic E-state index is 1.03. The summed E-state index contributed by atoms with van der Waals surface area (Å²) in [6.45, 7) is 7.66. The summed E-state index contributed by atoms with van der Waals surface area (Å²) >= 11 is 0. The molecule has 0 unspecified atom stereocenters. The Bertz CT molecular complexity index is 296. The van der Waals surface area contributed by atoms with E-state index in [1.807, 2.05) is 6.07 Å². The Labute approximate surface area is 86.1 Å². The van der Waals surface area contributed by atoms with E-state index in [0.29, 0.717) is 0 Å². The molecule has 0 spiro atoms. The molecular weight excluding hydrogens is 170 g/mol.